The molecule has 0 unspecified atom stereocenters. The lowest BCUT2D eigenvalue weighted by atomic mass is 10.1. The predicted octanol–water partition coefficient (Wildman–Crippen LogP) is 5.06. The molecule has 1 amide bonds. The topological polar surface area (TPSA) is 120 Å². The van der Waals surface area contributed by atoms with Gasteiger partial charge in [-0.3, -0.25) is 10.0 Å². The molecule has 0 aliphatic carbocycles. The number of amides is 1. The van der Waals surface area contributed by atoms with Gasteiger partial charge in [0.1, 0.15) is 5.69 Å². The number of aromatic amines is 1. The Morgan fingerprint density at radius 1 is 0.969 bits per heavy atom. The van der Waals surface area contributed by atoms with Gasteiger partial charge in [0.2, 0.25) is 5.88 Å². The molecule has 0 fully saturated rings. The lowest BCUT2D eigenvalue weighted by Crippen LogP contribution is -2.18. The molecular weight excluding hydrogens is 408 g/mol. The molecule has 0 atom stereocenters. The summed E-state index contributed by atoms with van der Waals surface area (Å²) in [6.45, 7) is 0.331. The maximum absolute atomic E-state index is 11.7. The van der Waals surface area contributed by atoms with E-state index in [2.05, 4.69) is 10.2 Å². The van der Waals surface area contributed by atoms with Crippen molar-refractivity contribution in [1.29, 1.82) is 0 Å². The van der Waals surface area contributed by atoms with Crippen molar-refractivity contribution in [3.63, 3.8) is 0 Å². The summed E-state index contributed by atoms with van der Waals surface area (Å²) in [5.41, 5.74) is 5.52. The van der Waals surface area contributed by atoms with Gasteiger partial charge < -0.3 is 14.7 Å². The molecule has 0 saturated carbocycles. The fraction of sp³-hybridized carbons (Fsp3) is 0.0417. The number of aromatic nitrogens is 2. The Morgan fingerprint density at radius 2 is 1.66 bits per heavy atom. The fourth-order valence-electron chi connectivity index (χ4n) is 4.11. The quantitative estimate of drug-likeness (QED) is 0.178. The predicted molar refractivity (Wildman–Crippen MR) is 121 cm³/mol. The summed E-state index contributed by atoms with van der Waals surface area (Å²) in [7, 11) is 0. The zero-order chi connectivity index (χ0) is 22.2. The number of carbonyl (C=O) groups excluding carboxylic acids is 1. The fourth-order valence-corrected chi connectivity index (χ4v) is 4.11. The number of hydrogen-bond donors (Lipinski definition) is 4. The van der Waals surface area contributed by atoms with Gasteiger partial charge in [-0.2, -0.15) is 0 Å². The summed E-state index contributed by atoms with van der Waals surface area (Å²) in [5.74, 6) is -0.597. The van der Waals surface area contributed by atoms with E-state index in [0.29, 0.717) is 28.8 Å². The Morgan fingerprint density at radius 3 is 2.38 bits per heavy atom. The van der Waals surface area contributed by atoms with E-state index in [9.17, 15) is 14.8 Å². The van der Waals surface area contributed by atoms with Crippen LogP contribution in [0.15, 0.2) is 78.0 Å². The first-order valence-corrected chi connectivity index (χ1v) is 9.90. The molecule has 0 aliphatic heterocycles. The maximum atomic E-state index is 11.7. The molecule has 2 heterocycles. The van der Waals surface area contributed by atoms with Crippen molar-refractivity contribution in [1.82, 2.24) is 15.0 Å². The Labute approximate surface area is 181 Å². The highest BCUT2D eigenvalue weighted by molar-refractivity contribution is 6.07. The number of para-hydroxylation sites is 2. The second-order valence-electron chi connectivity index (χ2n) is 7.43. The lowest BCUT2D eigenvalue weighted by molar-refractivity contribution is 0.0706. The molecule has 158 valence electrons. The molecule has 8 nitrogen and oxygen atoms in total. The van der Waals surface area contributed by atoms with Crippen LogP contribution >= 0.6 is 0 Å². The zero-order valence-electron chi connectivity index (χ0n) is 16.7. The van der Waals surface area contributed by atoms with Gasteiger partial charge >= 0.3 is 0 Å². The minimum atomic E-state index is -0.596. The smallest absolute Gasteiger partial charge is 0.274 e. The number of nitroso groups, excluding NO2 is 1. The van der Waals surface area contributed by atoms with Crippen molar-refractivity contribution < 1.29 is 15.1 Å². The molecule has 5 aromatic rings. The number of nitrogens with zero attached hydrogens (tertiary/aromatic N) is 2. The first-order chi connectivity index (χ1) is 15.6. The van der Waals surface area contributed by atoms with Gasteiger partial charge in [0, 0.05) is 21.9 Å². The Kier molecular flexibility index (Phi) is 4.68. The highest BCUT2D eigenvalue weighted by Gasteiger charge is 2.24. The molecule has 0 aliphatic rings. The number of benzene rings is 3. The number of nitrogens with one attached hydrogen (secondary N) is 2. The standard InChI is InChI=1S/C24H18N4O4/c29-23(27-32)15-11-9-14(10-12-15)13-28-19-8-4-2-6-17(19)20(24(28)30)22-21(26-31)16-5-1-3-7-18(16)25-22/h1-12,25,30,32H,13H2,(H,27,29). The monoisotopic (exact) mass is 426 g/mol. The number of hydrogen-bond acceptors (Lipinski definition) is 5. The van der Waals surface area contributed by atoms with Crippen LogP contribution in [-0.4, -0.2) is 25.8 Å². The van der Waals surface area contributed by atoms with Crippen molar-refractivity contribution in [3.05, 3.63) is 88.8 Å². The van der Waals surface area contributed by atoms with Gasteiger partial charge in [0.15, 0.2) is 0 Å². The molecule has 3 aromatic carbocycles. The molecule has 0 saturated heterocycles. The second-order valence-corrected chi connectivity index (χ2v) is 7.43. The molecular formula is C24H18N4O4. The molecule has 0 spiro atoms. The molecule has 4 N–H and O–H groups in total. The van der Waals surface area contributed by atoms with Crippen LogP contribution in [0.1, 0.15) is 15.9 Å². The van der Waals surface area contributed by atoms with Crippen molar-refractivity contribution in [2.24, 2.45) is 5.18 Å². The Balaban J connectivity index is 1.67. The average Bonchev–Trinajstić information content (AvgIpc) is 3.33. The number of carbonyl (C=O) groups is 1. The third-order valence-electron chi connectivity index (χ3n) is 5.62. The minimum absolute atomic E-state index is 0.000154. The van der Waals surface area contributed by atoms with Crippen LogP contribution < -0.4 is 5.48 Å². The van der Waals surface area contributed by atoms with Gasteiger partial charge in [0.05, 0.1) is 23.3 Å². The van der Waals surface area contributed by atoms with E-state index in [1.807, 2.05) is 48.5 Å². The number of H-pyrrole nitrogens is 1. The van der Waals surface area contributed by atoms with Gasteiger partial charge in [0.25, 0.3) is 5.91 Å². The van der Waals surface area contributed by atoms with Crippen molar-refractivity contribution >= 4 is 33.4 Å². The van der Waals surface area contributed by atoms with Gasteiger partial charge in [-0.1, -0.05) is 48.5 Å². The van der Waals surface area contributed by atoms with Crippen molar-refractivity contribution in [2.45, 2.75) is 6.54 Å². The number of fused-ring (bicyclic) bond motifs is 2. The third-order valence-corrected chi connectivity index (χ3v) is 5.62. The molecule has 8 heteroatoms. The third kappa shape index (κ3) is 3.01. The van der Waals surface area contributed by atoms with E-state index in [0.717, 1.165) is 22.0 Å². The molecule has 32 heavy (non-hydrogen) atoms. The minimum Gasteiger partial charge on any atom is -0.494 e. The summed E-state index contributed by atoms with van der Waals surface area (Å²) < 4.78 is 1.74. The largest absolute Gasteiger partial charge is 0.494 e. The summed E-state index contributed by atoms with van der Waals surface area (Å²) in [5, 5.41) is 24.8. The lowest BCUT2D eigenvalue weighted by Gasteiger charge is -2.08. The van der Waals surface area contributed by atoms with Crippen LogP contribution in [0.5, 0.6) is 5.88 Å². The van der Waals surface area contributed by atoms with Gasteiger partial charge in [-0.25, -0.2) is 5.48 Å². The van der Waals surface area contributed by atoms with Crippen LogP contribution in [0.4, 0.5) is 5.69 Å². The van der Waals surface area contributed by atoms with E-state index in [4.69, 9.17) is 5.21 Å². The molecule has 5 rings (SSSR count). The summed E-state index contributed by atoms with van der Waals surface area (Å²) in [4.78, 5) is 26.5. The summed E-state index contributed by atoms with van der Waals surface area (Å²) in [6.07, 6.45) is 0. The van der Waals surface area contributed by atoms with Crippen LogP contribution in [0.3, 0.4) is 0 Å². The molecule has 2 aromatic heterocycles. The Hall–Kier alpha value is -4.43. The highest BCUT2D eigenvalue weighted by atomic mass is 16.5. The van der Waals surface area contributed by atoms with Crippen LogP contribution in [0, 0.1) is 4.91 Å². The van der Waals surface area contributed by atoms with Gasteiger partial charge in [-0.15, -0.1) is 4.91 Å². The van der Waals surface area contributed by atoms with E-state index >= 15 is 0 Å². The highest BCUT2D eigenvalue weighted by Crippen LogP contribution is 2.45. The van der Waals surface area contributed by atoms with Crippen molar-refractivity contribution in [3.8, 4) is 17.1 Å². The van der Waals surface area contributed by atoms with Crippen molar-refractivity contribution in [2.75, 3.05) is 0 Å². The van der Waals surface area contributed by atoms with Crippen LogP contribution in [0.2, 0.25) is 0 Å². The van der Waals surface area contributed by atoms with Crippen LogP contribution in [0.25, 0.3) is 33.1 Å². The molecule has 0 bridgehead atoms. The van der Waals surface area contributed by atoms with Crippen LogP contribution in [-0.2, 0) is 6.54 Å². The Bertz CT molecular complexity index is 1480. The number of hydroxylamine groups is 1. The summed E-state index contributed by atoms with van der Waals surface area (Å²) >= 11 is 0. The number of rotatable bonds is 5. The molecule has 0 radical (unpaired) electrons. The zero-order valence-corrected chi connectivity index (χ0v) is 16.7. The summed E-state index contributed by atoms with van der Waals surface area (Å²) in [6, 6.07) is 21.6. The SMILES string of the molecule is O=Nc1c(-c2c(O)n(Cc3ccc(C(=O)NO)cc3)c3ccccc23)[nH]c2ccccc12. The van der Waals surface area contributed by atoms with E-state index in [1.54, 1.807) is 34.3 Å². The van der Waals surface area contributed by atoms with E-state index < -0.39 is 5.91 Å². The number of aromatic hydroxyl groups is 1. The first-order valence-electron chi connectivity index (χ1n) is 9.90. The van der Waals surface area contributed by atoms with Gasteiger partial charge in [-0.05, 0) is 35.0 Å². The first kappa shape index (κ1) is 19.5. The maximum Gasteiger partial charge on any atom is 0.274 e. The average molecular weight is 426 g/mol. The van der Waals surface area contributed by atoms with E-state index in [1.165, 1.54) is 0 Å². The second kappa shape index (κ2) is 7.68. The normalized spacial score (nSPS) is 11.2. The van der Waals surface area contributed by atoms with E-state index in [-0.39, 0.29) is 11.6 Å².